The molecule has 0 aliphatic heterocycles. The van der Waals surface area contributed by atoms with E-state index in [0.717, 1.165) is 17.2 Å². The first kappa shape index (κ1) is 13.2. The van der Waals surface area contributed by atoms with E-state index >= 15 is 0 Å². The molecular weight excluding hydrogens is 246 g/mol. The number of nitrogens with zero attached hydrogens (tertiary/aromatic N) is 2. The van der Waals surface area contributed by atoms with Crippen molar-refractivity contribution in [1.29, 1.82) is 0 Å². The molecule has 4 nitrogen and oxygen atoms in total. The van der Waals surface area contributed by atoms with Crippen molar-refractivity contribution >= 4 is 21.6 Å². The lowest BCUT2D eigenvalue weighted by atomic mass is 10.2. The minimum absolute atomic E-state index is 0.0253. The van der Waals surface area contributed by atoms with Gasteiger partial charge in [-0.25, -0.2) is 4.98 Å². The quantitative estimate of drug-likeness (QED) is 0.924. The summed E-state index contributed by atoms with van der Waals surface area (Å²) in [5, 5.41) is 0.714. The summed E-state index contributed by atoms with van der Waals surface area (Å²) in [6.07, 6.45) is 0. The Balaban J connectivity index is 2.45. The molecule has 0 radical (unpaired) electrons. The van der Waals surface area contributed by atoms with Crippen LogP contribution in [0.4, 0.5) is 0 Å². The SMILES string of the molecule is CCN(C)Cc1nc2sc(C(C)C)cc2c(=O)[nH]1. The van der Waals surface area contributed by atoms with Crippen LogP contribution in [0.2, 0.25) is 0 Å². The summed E-state index contributed by atoms with van der Waals surface area (Å²) in [7, 11) is 2.01. The molecule has 0 aromatic carbocycles. The summed E-state index contributed by atoms with van der Waals surface area (Å²) in [6, 6.07) is 1.96. The average molecular weight is 265 g/mol. The van der Waals surface area contributed by atoms with Crippen LogP contribution >= 0.6 is 11.3 Å². The second-order valence-corrected chi connectivity index (χ2v) is 5.93. The van der Waals surface area contributed by atoms with Gasteiger partial charge in [0.15, 0.2) is 0 Å². The second-order valence-electron chi connectivity index (χ2n) is 4.87. The molecule has 0 aliphatic carbocycles. The van der Waals surface area contributed by atoms with Gasteiger partial charge < -0.3 is 4.98 Å². The van der Waals surface area contributed by atoms with Crippen LogP contribution < -0.4 is 5.56 Å². The second kappa shape index (κ2) is 5.20. The number of fused-ring (bicyclic) bond motifs is 1. The van der Waals surface area contributed by atoms with Crippen molar-refractivity contribution in [2.75, 3.05) is 13.6 Å². The molecule has 98 valence electrons. The van der Waals surface area contributed by atoms with E-state index in [2.05, 4.69) is 35.6 Å². The molecule has 5 heteroatoms. The molecule has 2 rings (SSSR count). The monoisotopic (exact) mass is 265 g/mol. The molecule has 0 bridgehead atoms. The number of nitrogens with one attached hydrogen (secondary N) is 1. The zero-order valence-corrected chi connectivity index (χ0v) is 12.1. The van der Waals surface area contributed by atoms with Crippen LogP contribution in [-0.4, -0.2) is 28.5 Å². The third-order valence-electron chi connectivity index (χ3n) is 3.00. The van der Waals surface area contributed by atoms with Crippen LogP contribution in [0.25, 0.3) is 10.2 Å². The molecule has 18 heavy (non-hydrogen) atoms. The molecule has 0 atom stereocenters. The van der Waals surface area contributed by atoms with Crippen molar-refractivity contribution in [3.8, 4) is 0 Å². The lowest BCUT2D eigenvalue weighted by molar-refractivity contribution is 0.336. The highest BCUT2D eigenvalue weighted by atomic mass is 32.1. The Morgan fingerprint density at radius 3 is 2.83 bits per heavy atom. The van der Waals surface area contributed by atoms with Gasteiger partial charge in [0, 0.05) is 4.88 Å². The van der Waals surface area contributed by atoms with Crippen LogP contribution in [0.15, 0.2) is 10.9 Å². The standard InChI is InChI=1S/C13H19N3OS/c1-5-16(4)7-11-14-12(17)9-6-10(8(2)3)18-13(9)15-11/h6,8H,5,7H2,1-4H3,(H,14,15,17). The lowest BCUT2D eigenvalue weighted by Gasteiger charge is -2.12. The number of rotatable bonds is 4. The fourth-order valence-electron chi connectivity index (χ4n) is 1.72. The normalized spacial score (nSPS) is 11.9. The van der Waals surface area contributed by atoms with Gasteiger partial charge in [0.05, 0.1) is 11.9 Å². The number of thiophene rings is 1. The van der Waals surface area contributed by atoms with Crippen LogP contribution in [-0.2, 0) is 6.54 Å². The van der Waals surface area contributed by atoms with E-state index in [1.165, 1.54) is 4.88 Å². The van der Waals surface area contributed by atoms with E-state index in [1.54, 1.807) is 11.3 Å². The smallest absolute Gasteiger partial charge is 0.259 e. The summed E-state index contributed by atoms with van der Waals surface area (Å²) in [4.78, 5) is 23.6. The van der Waals surface area contributed by atoms with Gasteiger partial charge in [-0.2, -0.15) is 0 Å². The van der Waals surface area contributed by atoms with Gasteiger partial charge in [-0.05, 0) is 25.6 Å². The van der Waals surface area contributed by atoms with Crippen molar-refractivity contribution in [3.63, 3.8) is 0 Å². The predicted molar refractivity (Wildman–Crippen MR) is 76.3 cm³/mol. The van der Waals surface area contributed by atoms with E-state index in [1.807, 2.05) is 13.1 Å². The molecule has 0 aliphatic rings. The van der Waals surface area contributed by atoms with E-state index in [4.69, 9.17) is 0 Å². The van der Waals surface area contributed by atoms with Crippen molar-refractivity contribution in [2.24, 2.45) is 0 Å². The molecule has 1 N–H and O–H groups in total. The number of aromatic amines is 1. The molecule has 0 fully saturated rings. The van der Waals surface area contributed by atoms with Gasteiger partial charge in [-0.3, -0.25) is 9.69 Å². The highest BCUT2D eigenvalue weighted by Crippen LogP contribution is 2.27. The topological polar surface area (TPSA) is 49.0 Å². The van der Waals surface area contributed by atoms with Crippen molar-refractivity contribution in [1.82, 2.24) is 14.9 Å². The fraction of sp³-hybridized carbons (Fsp3) is 0.538. The Kier molecular flexibility index (Phi) is 3.82. The van der Waals surface area contributed by atoms with Crippen LogP contribution in [0.5, 0.6) is 0 Å². The zero-order chi connectivity index (χ0) is 13.3. The number of hydrogen-bond donors (Lipinski definition) is 1. The third kappa shape index (κ3) is 2.62. The minimum Gasteiger partial charge on any atom is -0.309 e. The third-order valence-corrected chi connectivity index (χ3v) is 4.33. The van der Waals surface area contributed by atoms with E-state index < -0.39 is 0 Å². The van der Waals surface area contributed by atoms with Crippen molar-refractivity contribution in [2.45, 2.75) is 33.2 Å². The molecule has 2 heterocycles. The lowest BCUT2D eigenvalue weighted by Crippen LogP contribution is -2.21. The van der Waals surface area contributed by atoms with Crippen LogP contribution in [0, 0.1) is 0 Å². The Labute approximate surface area is 111 Å². The molecule has 0 spiro atoms. The number of aromatic nitrogens is 2. The minimum atomic E-state index is -0.0253. The summed E-state index contributed by atoms with van der Waals surface area (Å²) < 4.78 is 0. The highest BCUT2D eigenvalue weighted by Gasteiger charge is 2.11. The molecule has 2 aromatic heterocycles. The summed E-state index contributed by atoms with van der Waals surface area (Å²) in [5.41, 5.74) is -0.0253. The van der Waals surface area contributed by atoms with E-state index in [9.17, 15) is 4.79 Å². The van der Waals surface area contributed by atoms with Crippen LogP contribution in [0.1, 0.15) is 37.4 Å². The summed E-state index contributed by atoms with van der Waals surface area (Å²) in [5.74, 6) is 1.18. The Morgan fingerprint density at radius 2 is 2.22 bits per heavy atom. The fourth-order valence-corrected chi connectivity index (χ4v) is 2.77. The molecule has 0 saturated heterocycles. The predicted octanol–water partition coefficient (Wildman–Crippen LogP) is 2.56. The van der Waals surface area contributed by atoms with E-state index in [-0.39, 0.29) is 5.56 Å². The molecule has 0 unspecified atom stereocenters. The van der Waals surface area contributed by atoms with Gasteiger partial charge in [-0.15, -0.1) is 11.3 Å². The van der Waals surface area contributed by atoms with Gasteiger partial charge in [0.2, 0.25) is 0 Å². The summed E-state index contributed by atoms with van der Waals surface area (Å²) in [6.45, 7) is 7.95. The molecule has 0 amide bonds. The summed E-state index contributed by atoms with van der Waals surface area (Å²) >= 11 is 1.62. The first-order valence-electron chi connectivity index (χ1n) is 6.22. The number of H-pyrrole nitrogens is 1. The van der Waals surface area contributed by atoms with Gasteiger partial charge in [0.25, 0.3) is 5.56 Å². The Morgan fingerprint density at radius 1 is 1.50 bits per heavy atom. The largest absolute Gasteiger partial charge is 0.309 e. The Hall–Kier alpha value is -1.20. The van der Waals surface area contributed by atoms with Crippen LogP contribution in [0.3, 0.4) is 0 Å². The maximum Gasteiger partial charge on any atom is 0.259 e. The molecule has 0 saturated carbocycles. The van der Waals surface area contributed by atoms with Crippen molar-refractivity contribution in [3.05, 3.63) is 27.1 Å². The first-order valence-corrected chi connectivity index (χ1v) is 7.04. The Bertz CT molecular complexity index is 600. The van der Waals surface area contributed by atoms with Gasteiger partial charge in [0.1, 0.15) is 10.7 Å². The zero-order valence-electron chi connectivity index (χ0n) is 11.3. The van der Waals surface area contributed by atoms with Crippen molar-refractivity contribution < 1.29 is 0 Å². The highest BCUT2D eigenvalue weighted by molar-refractivity contribution is 7.18. The maximum absolute atomic E-state index is 12.0. The maximum atomic E-state index is 12.0. The van der Waals surface area contributed by atoms with Gasteiger partial charge in [-0.1, -0.05) is 20.8 Å². The average Bonchev–Trinajstić information content (AvgIpc) is 2.73. The van der Waals surface area contributed by atoms with E-state index in [0.29, 0.717) is 17.8 Å². The van der Waals surface area contributed by atoms with Gasteiger partial charge >= 0.3 is 0 Å². The molecule has 2 aromatic rings. The first-order chi connectivity index (χ1) is 8.51. The number of hydrogen-bond acceptors (Lipinski definition) is 4. The molecular formula is C13H19N3OS.